The van der Waals surface area contributed by atoms with Crippen molar-refractivity contribution >= 4 is 0 Å². The first-order valence-electron chi connectivity index (χ1n) is 6.71. The van der Waals surface area contributed by atoms with Gasteiger partial charge in [0.05, 0.1) is 0 Å². The Kier molecular flexibility index (Phi) is 11.6. The Morgan fingerprint density at radius 2 is 1.40 bits per heavy atom. The second-order valence-corrected chi connectivity index (χ2v) is 4.77. The van der Waals surface area contributed by atoms with Crippen molar-refractivity contribution < 1.29 is 0 Å². The Balaban J connectivity index is 3.01. The zero-order chi connectivity index (χ0) is 11.4. The van der Waals surface area contributed by atoms with Crippen LogP contribution in [0.15, 0.2) is 12.2 Å². The molecule has 0 heterocycles. The third kappa shape index (κ3) is 13.7. The first-order valence-corrected chi connectivity index (χ1v) is 6.71. The molecule has 0 saturated carbocycles. The van der Waals surface area contributed by atoms with Crippen molar-refractivity contribution in [3.63, 3.8) is 0 Å². The summed E-state index contributed by atoms with van der Waals surface area (Å²) in [4.78, 5) is 0. The molecule has 0 fully saturated rings. The van der Waals surface area contributed by atoms with E-state index in [0.29, 0.717) is 0 Å². The minimum Gasteiger partial charge on any atom is -0.0885 e. The van der Waals surface area contributed by atoms with Crippen LogP contribution in [-0.4, -0.2) is 0 Å². The molecule has 0 aliphatic rings. The van der Waals surface area contributed by atoms with Crippen molar-refractivity contribution in [1.29, 1.82) is 0 Å². The Labute approximate surface area is 97.2 Å². The highest BCUT2D eigenvalue weighted by molar-refractivity contribution is 4.81. The first kappa shape index (κ1) is 14.7. The molecule has 0 aromatic heterocycles. The fraction of sp³-hybridized carbons (Fsp3) is 0.800. The van der Waals surface area contributed by atoms with E-state index < -0.39 is 0 Å². The first-order chi connectivity index (χ1) is 7.27. The molecule has 0 saturated heterocycles. The largest absolute Gasteiger partial charge is 0.0885 e. The SMILES string of the molecule is CCCCC=CCCCCCC[C](C)C. The van der Waals surface area contributed by atoms with Gasteiger partial charge < -0.3 is 0 Å². The van der Waals surface area contributed by atoms with Gasteiger partial charge in [-0.25, -0.2) is 0 Å². The molecule has 0 bridgehead atoms. The Morgan fingerprint density at radius 1 is 0.800 bits per heavy atom. The van der Waals surface area contributed by atoms with E-state index in [4.69, 9.17) is 0 Å². The molecule has 0 atom stereocenters. The number of allylic oxidation sites excluding steroid dienone is 2. The van der Waals surface area contributed by atoms with E-state index in [1.165, 1.54) is 57.8 Å². The van der Waals surface area contributed by atoms with Crippen LogP contribution in [0.1, 0.15) is 78.6 Å². The quantitative estimate of drug-likeness (QED) is 0.320. The summed E-state index contributed by atoms with van der Waals surface area (Å²) in [6.45, 7) is 6.72. The van der Waals surface area contributed by atoms with E-state index in [-0.39, 0.29) is 0 Å². The molecule has 89 valence electrons. The second-order valence-electron chi connectivity index (χ2n) is 4.77. The molecule has 0 amide bonds. The maximum absolute atomic E-state index is 2.37. The fourth-order valence-corrected chi connectivity index (χ4v) is 1.65. The van der Waals surface area contributed by atoms with E-state index >= 15 is 0 Å². The summed E-state index contributed by atoms with van der Waals surface area (Å²) in [6, 6.07) is 0. The zero-order valence-electron chi connectivity index (χ0n) is 11.0. The van der Waals surface area contributed by atoms with Crippen LogP contribution < -0.4 is 0 Å². The van der Waals surface area contributed by atoms with E-state index in [1.807, 2.05) is 0 Å². The Bertz CT molecular complexity index is 133. The predicted octanol–water partition coefficient (Wildman–Crippen LogP) is 5.69. The lowest BCUT2D eigenvalue weighted by Crippen LogP contribution is -1.84. The molecule has 0 N–H and O–H groups in total. The van der Waals surface area contributed by atoms with Gasteiger partial charge in [-0.3, -0.25) is 0 Å². The van der Waals surface area contributed by atoms with Crippen molar-refractivity contribution in [1.82, 2.24) is 0 Å². The highest BCUT2D eigenvalue weighted by Gasteiger charge is 1.93. The lowest BCUT2D eigenvalue weighted by atomic mass is 10.0. The summed E-state index contributed by atoms with van der Waals surface area (Å²) < 4.78 is 0. The minimum atomic E-state index is 1.28. The lowest BCUT2D eigenvalue weighted by Gasteiger charge is -2.02. The van der Waals surface area contributed by atoms with Crippen molar-refractivity contribution in [3.8, 4) is 0 Å². The van der Waals surface area contributed by atoms with Crippen molar-refractivity contribution in [2.24, 2.45) is 0 Å². The third-order valence-corrected chi connectivity index (χ3v) is 2.69. The minimum absolute atomic E-state index is 1.28. The number of hydrogen-bond donors (Lipinski definition) is 0. The van der Waals surface area contributed by atoms with E-state index in [1.54, 1.807) is 5.92 Å². The molecule has 0 aromatic rings. The van der Waals surface area contributed by atoms with Crippen molar-refractivity contribution in [2.75, 3.05) is 0 Å². The summed E-state index contributed by atoms with van der Waals surface area (Å²) >= 11 is 0. The third-order valence-electron chi connectivity index (χ3n) is 2.69. The standard InChI is InChI=1S/C15H29/c1-4-5-6-7-8-9-10-11-12-13-14-15(2)3/h7-8H,4-6,9-14H2,1-3H3. The number of rotatable bonds is 10. The molecule has 0 aliphatic heterocycles. The number of unbranched alkanes of at least 4 members (excludes halogenated alkanes) is 6. The van der Waals surface area contributed by atoms with Crippen molar-refractivity contribution in [3.05, 3.63) is 18.1 Å². The Hall–Kier alpha value is -0.260. The van der Waals surface area contributed by atoms with Crippen molar-refractivity contribution in [2.45, 2.75) is 78.6 Å². The highest BCUT2D eigenvalue weighted by Crippen LogP contribution is 2.12. The monoisotopic (exact) mass is 209 g/mol. The van der Waals surface area contributed by atoms with E-state index in [2.05, 4.69) is 32.9 Å². The molecule has 0 heteroatoms. The van der Waals surface area contributed by atoms with E-state index in [0.717, 1.165) is 0 Å². The molecule has 1 radical (unpaired) electrons. The van der Waals surface area contributed by atoms with Crippen LogP contribution in [-0.2, 0) is 0 Å². The molecular weight excluding hydrogens is 180 g/mol. The van der Waals surface area contributed by atoms with Gasteiger partial charge in [0.2, 0.25) is 0 Å². The van der Waals surface area contributed by atoms with Crippen LogP contribution in [0.3, 0.4) is 0 Å². The number of hydrogen-bond acceptors (Lipinski definition) is 0. The summed E-state index contributed by atoms with van der Waals surface area (Å²) in [5.41, 5.74) is 0. The molecule has 0 aliphatic carbocycles. The van der Waals surface area contributed by atoms with Crippen LogP contribution in [0.5, 0.6) is 0 Å². The van der Waals surface area contributed by atoms with Gasteiger partial charge in [0.1, 0.15) is 0 Å². The normalized spacial score (nSPS) is 11.7. The fourth-order valence-electron chi connectivity index (χ4n) is 1.65. The van der Waals surface area contributed by atoms with Crippen LogP contribution in [0, 0.1) is 5.92 Å². The summed E-state index contributed by atoms with van der Waals surface area (Å²) in [7, 11) is 0. The van der Waals surface area contributed by atoms with Gasteiger partial charge in [0, 0.05) is 0 Å². The predicted molar refractivity (Wildman–Crippen MR) is 71.0 cm³/mol. The molecule has 0 nitrogen and oxygen atoms in total. The maximum Gasteiger partial charge on any atom is -0.0303 e. The lowest BCUT2D eigenvalue weighted by molar-refractivity contribution is 0.624. The van der Waals surface area contributed by atoms with Crippen LogP contribution in [0.4, 0.5) is 0 Å². The van der Waals surface area contributed by atoms with Crippen LogP contribution in [0.2, 0.25) is 0 Å². The Morgan fingerprint density at radius 3 is 2.00 bits per heavy atom. The van der Waals surface area contributed by atoms with E-state index in [9.17, 15) is 0 Å². The van der Waals surface area contributed by atoms with Gasteiger partial charge in [-0.1, -0.05) is 65.0 Å². The van der Waals surface area contributed by atoms with Crippen LogP contribution >= 0.6 is 0 Å². The molecule has 0 rings (SSSR count). The second kappa shape index (κ2) is 11.8. The highest BCUT2D eigenvalue weighted by atomic mass is 14.0. The maximum atomic E-state index is 2.37. The van der Waals surface area contributed by atoms with Crippen LogP contribution in [0.25, 0.3) is 0 Å². The summed E-state index contributed by atoms with van der Waals surface area (Å²) in [6.07, 6.45) is 16.9. The van der Waals surface area contributed by atoms with Gasteiger partial charge in [0.15, 0.2) is 0 Å². The molecule has 15 heavy (non-hydrogen) atoms. The zero-order valence-corrected chi connectivity index (χ0v) is 11.0. The molecular formula is C15H29. The van der Waals surface area contributed by atoms with Gasteiger partial charge in [-0.15, -0.1) is 0 Å². The van der Waals surface area contributed by atoms with Gasteiger partial charge in [-0.2, -0.15) is 0 Å². The van der Waals surface area contributed by atoms with Gasteiger partial charge in [0.25, 0.3) is 0 Å². The molecule has 0 spiro atoms. The average molecular weight is 209 g/mol. The topological polar surface area (TPSA) is 0 Å². The van der Waals surface area contributed by atoms with Gasteiger partial charge in [-0.05, 0) is 31.6 Å². The molecule has 0 aromatic carbocycles. The summed E-state index contributed by atoms with van der Waals surface area (Å²) in [5.74, 6) is 1.58. The molecule has 0 unspecified atom stereocenters. The smallest absolute Gasteiger partial charge is 0.0303 e. The van der Waals surface area contributed by atoms with Gasteiger partial charge >= 0.3 is 0 Å². The average Bonchev–Trinajstić information content (AvgIpc) is 2.20. The summed E-state index contributed by atoms with van der Waals surface area (Å²) in [5, 5.41) is 0.